The second-order valence-corrected chi connectivity index (χ2v) is 6.86. The topological polar surface area (TPSA) is 68.3 Å². The first kappa shape index (κ1) is 15.1. The van der Waals surface area contributed by atoms with E-state index in [9.17, 15) is 18.0 Å². The minimum atomic E-state index is -3.98. The zero-order valence-electron chi connectivity index (χ0n) is 12.0. The number of aldehydes is 2. The Labute approximate surface area is 133 Å². The molecule has 0 aliphatic rings. The van der Waals surface area contributed by atoms with Gasteiger partial charge in [-0.25, -0.2) is 8.42 Å². The van der Waals surface area contributed by atoms with E-state index in [1.807, 2.05) is 6.07 Å². The Kier molecular flexibility index (Phi) is 3.80. The summed E-state index contributed by atoms with van der Waals surface area (Å²) >= 11 is 0. The van der Waals surface area contributed by atoms with Gasteiger partial charge in [-0.15, -0.1) is 0 Å². The Morgan fingerprint density at radius 2 is 1.39 bits per heavy atom. The molecule has 0 aromatic heterocycles. The van der Waals surface area contributed by atoms with Crippen LogP contribution in [0, 0.1) is 0 Å². The molecule has 0 unspecified atom stereocenters. The Hall–Kier alpha value is -2.79. The lowest BCUT2D eigenvalue weighted by Gasteiger charge is -2.11. The molecule has 3 aromatic carbocycles. The lowest BCUT2D eigenvalue weighted by atomic mass is 10.1. The molecule has 0 saturated carbocycles. The van der Waals surface area contributed by atoms with E-state index in [-0.39, 0.29) is 20.9 Å². The van der Waals surface area contributed by atoms with Gasteiger partial charge in [-0.05, 0) is 22.9 Å². The van der Waals surface area contributed by atoms with Crippen LogP contribution in [-0.2, 0) is 9.84 Å². The molecular formula is C18H12O4S. The van der Waals surface area contributed by atoms with Gasteiger partial charge in [-0.3, -0.25) is 9.59 Å². The number of carbonyl (C=O) groups excluding carboxylic acids is 2. The Bertz CT molecular complexity index is 1020. The van der Waals surface area contributed by atoms with Crippen molar-refractivity contribution in [3.05, 3.63) is 71.8 Å². The predicted octanol–water partition coefficient (Wildman–Crippen LogP) is 3.30. The van der Waals surface area contributed by atoms with Crippen LogP contribution in [0.1, 0.15) is 20.7 Å². The van der Waals surface area contributed by atoms with Crippen LogP contribution in [0.5, 0.6) is 0 Å². The molecule has 0 bridgehead atoms. The summed E-state index contributed by atoms with van der Waals surface area (Å²) in [6, 6.07) is 16.0. The van der Waals surface area contributed by atoms with Gasteiger partial charge in [-0.1, -0.05) is 48.5 Å². The standard InChI is InChI=1S/C18H12O4S/c19-11-14-6-2-4-8-17(14)23(21,22)18-10-9-13-5-1-3-7-15(13)16(18)12-20/h1-12H. The van der Waals surface area contributed by atoms with E-state index in [1.54, 1.807) is 36.4 Å². The summed E-state index contributed by atoms with van der Waals surface area (Å²) in [7, 11) is -3.98. The van der Waals surface area contributed by atoms with Gasteiger partial charge in [0.25, 0.3) is 0 Å². The third-order valence-corrected chi connectivity index (χ3v) is 5.56. The van der Waals surface area contributed by atoms with E-state index >= 15 is 0 Å². The van der Waals surface area contributed by atoms with E-state index in [1.165, 1.54) is 18.2 Å². The Morgan fingerprint density at radius 3 is 2.13 bits per heavy atom. The lowest BCUT2D eigenvalue weighted by Crippen LogP contribution is -2.08. The first-order chi connectivity index (χ1) is 11.1. The van der Waals surface area contributed by atoms with Crippen LogP contribution in [0.4, 0.5) is 0 Å². The molecule has 0 fully saturated rings. The highest BCUT2D eigenvalue weighted by molar-refractivity contribution is 7.91. The summed E-state index contributed by atoms with van der Waals surface area (Å²) in [6.07, 6.45) is 1.03. The number of hydrogen-bond donors (Lipinski definition) is 0. The first-order valence-electron chi connectivity index (χ1n) is 6.86. The van der Waals surface area contributed by atoms with Crippen LogP contribution < -0.4 is 0 Å². The van der Waals surface area contributed by atoms with Crippen molar-refractivity contribution in [3.63, 3.8) is 0 Å². The van der Waals surface area contributed by atoms with Gasteiger partial charge < -0.3 is 0 Å². The summed E-state index contributed by atoms with van der Waals surface area (Å²) in [6.45, 7) is 0. The van der Waals surface area contributed by atoms with Crippen LogP contribution in [0.3, 0.4) is 0 Å². The van der Waals surface area contributed by atoms with Gasteiger partial charge in [0.05, 0.1) is 9.79 Å². The van der Waals surface area contributed by atoms with Crippen molar-refractivity contribution < 1.29 is 18.0 Å². The van der Waals surface area contributed by atoms with Gasteiger partial charge in [0, 0.05) is 11.1 Å². The van der Waals surface area contributed by atoms with Crippen LogP contribution in [0.2, 0.25) is 0 Å². The third kappa shape index (κ3) is 2.45. The molecule has 3 rings (SSSR count). The second-order valence-electron chi connectivity index (χ2n) is 4.98. The molecule has 0 heterocycles. The molecule has 4 nitrogen and oxygen atoms in total. The molecule has 0 aliphatic carbocycles. The average Bonchev–Trinajstić information content (AvgIpc) is 2.60. The summed E-state index contributed by atoms with van der Waals surface area (Å²) in [5.41, 5.74) is 0.168. The molecule has 114 valence electrons. The zero-order chi connectivity index (χ0) is 16.4. The summed E-state index contributed by atoms with van der Waals surface area (Å²) < 4.78 is 25.8. The van der Waals surface area contributed by atoms with Crippen LogP contribution in [-0.4, -0.2) is 21.0 Å². The van der Waals surface area contributed by atoms with Crippen molar-refractivity contribution in [2.45, 2.75) is 9.79 Å². The van der Waals surface area contributed by atoms with Gasteiger partial charge in [-0.2, -0.15) is 0 Å². The second kappa shape index (κ2) is 5.78. The van der Waals surface area contributed by atoms with Gasteiger partial charge in [0.2, 0.25) is 9.84 Å². The summed E-state index contributed by atoms with van der Waals surface area (Å²) in [5, 5.41) is 1.34. The fraction of sp³-hybridized carbons (Fsp3) is 0. The monoisotopic (exact) mass is 324 g/mol. The van der Waals surface area contributed by atoms with Crippen molar-refractivity contribution in [2.75, 3.05) is 0 Å². The summed E-state index contributed by atoms with van der Waals surface area (Å²) in [5.74, 6) is 0. The van der Waals surface area contributed by atoms with Crippen LogP contribution in [0.25, 0.3) is 10.8 Å². The van der Waals surface area contributed by atoms with Crippen molar-refractivity contribution in [3.8, 4) is 0 Å². The van der Waals surface area contributed by atoms with Crippen molar-refractivity contribution >= 4 is 33.2 Å². The molecule has 0 aliphatic heterocycles. The fourth-order valence-electron chi connectivity index (χ4n) is 2.57. The largest absolute Gasteiger partial charge is 0.298 e. The first-order valence-corrected chi connectivity index (χ1v) is 8.34. The highest BCUT2D eigenvalue weighted by Crippen LogP contribution is 2.30. The van der Waals surface area contributed by atoms with E-state index in [2.05, 4.69) is 0 Å². The quantitative estimate of drug-likeness (QED) is 0.691. The molecule has 0 atom stereocenters. The highest BCUT2D eigenvalue weighted by atomic mass is 32.2. The Balaban J connectivity index is 2.35. The molecule has 3 aromatic rings. The third-order valence-electron chi connectivity index (χ3n) is 3.67. The number of hydrogen-bond acceptors (Lipinski definition) is 4. The predicted molar refractivity (Wildman–Crippen MR) is 86.6 cm³/mol. The maximum Gasteiger partial charge on any atom is 0.208 e. The van der Waals surface area contributed by atoms with Gasteiger partial charge in [0.15, 0.2) is 12.6 Å². The van der Waals surface area contributed by atoms with Crippen molar-refractivity contribution in [1.29, 1.82) is 0 Å². The zero-order valence-corrected chi connectivity index (χ0v) is 12.8. The molecule has 0 radical (unpaired) electrons. The van der Waals surface area contributed by atoms with Gasteiger partial charge >= 0.3 is 0 Å². The number of sulfone groups is 1. The molecular weight excluding hydrogens is 312 g/mol. The van der Waals surface area contributed by atoms with Gasteiger partial charge in [0.1, 0.15) is 0 Å². The number of carbonyl (C=O) groups is 2. The molecule has 0 saturated heterocycles. The number of fused-ring (bicyclic) bond motifs is 1. The lowest BCUT2D eigenvalue weighted by molar-refractivity contribution is 0.111. The van der Waals surface area contributed by atoms with E-state index in [0.717, 1.165) is 5.39 Å². The van der Waals surface area contributed by atoms with E-state index in [4.69, 9.17) is 0 Å². The van der Waals surface area contributed by atoms with E-state index in [0.29, 0.717) is 18.0 Å². The minimum absolute atomic E-state index is 0.0671. The number of benzene rings is 3. The molecule has 0 amide bonds. The molecule has 0 N–H and O–H groups in total. The van der Waals surface area contributed by atoms with Crippen molar-refractivity contribution in [2.24, 2.45) is 0 Å². The maximum atomic E-state index is 12.9. The SMILES string of the molecule is O=Cc1ccccc1S(=O)(=O)c1ccc2ccccc2c1C=O. The summed E-state index contributed by atoms with van der Waals surface area (Å²) in [4.78, 5) is 22.5. The normalized spacial score (nSPS) is 11.3. The minimum Gasteiger partial charge on any atom is -0.298 e. The van der Waals surface area contributed by atoms with Crippen LogP contribution >= 0.6 is 0 Å². The highest BCUT2D eigenvalue weighted by Gasteiger charge is 2.24. The Morgan fingerprint density at radius 1 is 0.696 bits per heavy atom. The van der Waals surface area contributed by atoms with Crippen molar-refractivity contribution in [1.82, 2.24) is 0 Å². The van der Waals surface area contributed by atoms with E-state index < -0.39 is 9.84 Å². The molecule has 23 heavy (non-hydrogen) atoms. The molecule has 5 heteroatoms. The molecule has 0 spiro atoms. The maximum absolute atomic E-state index is 12.9. The smallest absolute Gasteiger partial charge is 0.208 e. The number of rotatable bonds is 4. The average molecular weight is 324 g/mol. The van der Waals surface area contributed by atoms with Crippen LogP contribution in [0.15, 0.2) is 70.5 Å². The fourth-order valence-corrected chi connectivity index (χ4v) is 4.19.